The molecule has 0 aliphatic rings. The van der Waals surface area contributed by atoms with E-state index in [1.165, 1.54) is 0 Å². The van der Waals surface area contributed by atoms with Crippen LogP contribution in [0.4, 0.5) is 17.5 Å². The van der Waals surface area contributed by atoms with Gasteiger partial charge >= 0.3 is 0 Å². The Bertz CT molecular complexity index is 1080. The molecule has 170 valence electrons. The molecule has 3 N–H and O–H groups in total. The standard InChI is InChI=1S/C25H29N7O/c1-4-6-9-21(24(33)28-18-19-10-12-20(26-3)13-11-19)29-22-17-23(32-15-7-8-16-32)31-25(30-22)27-14-5-2/h5,7-8,10-13,15-17,21H,2,4,6,9,14,18H2,1H3,(H,28,33)(H2,27,29,30,31). The third-order valence-corrected chi connectivity index (χ3v) is 5.00. The molecular weight excluding hydrogens is 414 g/mol. The quantitative estimate of drug-likeness (QED) is 0.279. The number of nitrogens with zero attached hydrogens (tertiary/aromatic N) is 4. The summed E-state index contributed by atoms with van der Waals surface area (Å²) < 4.78 is 1.89. The van der Waals surface area contributed by atoms with Gasteiger partial charge < -0.3 is 20.5 Å². The molecule has 2 heterocycles. The summed E-state index contributed by atoms with van der Waals surface area (Å²) in [6, 6.07) is 12.5. The Kier molecular flexibility index (Phi) is 8.60. The molecule has 0 spiro atoms. The summed E-state index contributed by atoms with van der Waals surface area (Å²) in [5.74, 6) is 1.62. The lowest BCUT2D eigenvalue weighted by Gasteiger charge is -2.20. The van der Waals surface area contributed by atoms with E-state index < -0.39 is 6.04 Å². The van der Waals surface area contributed by atoms with Crippen molar-refractivity contribution in [1.29, 1.82) is 0 Å². The molecule has 0 bridgehead atoms. The molecule has 1 amide bonds. The van der Waals surface area contributed by atoms with Gasteiger partial charge in [-0.05, 0) is 24.1 Å². The lowest BCUT2D eigenvalue weighted by atomic mass is 10.1. The number of amides is 1. The molecule has 0 saturated heterocycles. The number of aromatic nitrogens is 3. The molecule has 3 aromatic rings. The van der Waals surface area contributed by atoms with Crippen molar-refractivity contribution in [3.63, 3.8) is 0 Å². The van der Waals surface area contributed by atoms with Gasteiger partial charge in [0.15, 0.2) is 5.69 Å². The largest absolute Gasteiger partial charge is 0.358 e. The van der Waals surface area contributed by atoms with E-state index in [1.807, 2.05) is 47.3 Å². The van der Waals surface area contributed by atoms with Gasteiger partial charge in [0, 0.05) is 31.5 Å². The zero-order valence-electron chi connectivity index (χ0n) is 18.8. The molecule has 0 radical (unpaired) electrons. The summed E-state index contributed by atoms with van der Waals surface area (Å²) in [6.07, 6.45) is 8.11. The van der Waals surface area contributed by atoms with Gasteiger partial charge in [-0.2, -0.15) is 9.97 Å². The van der Waals surface area contributed by atoms with Crippen LogP contribution in [-0.2, 0) is 11.3 Å². The molecule has 0 saturated carbocycles. The molecule has 8 heteroatoms. The number of rotatable bonds is 12. The average Bonchev–Trinajstić information content (AvgIpc) is 3.39. The predicted octanol–water partition coefficient (Wildman–Crippen LogP) is 4.70. The number of nitrogens with one attached hydrogen (secondary N) is 3. The van der Waals surface area contributed by atoms with Gasteiger partial charge in [-0.1, -0.05) is 50.1 Å². The summed E-state index contributed by atoms with van der Waals surface area (Å²) in [5.41, 5.74) is 1.52. The molecule has 1 atom stereocenters. The minimum Gasteiger partial charge on any atom is -0.358 e. The monoisotopic (exact) mass is 443 g/mol. The van der Waals surface area contributed by atoms with Crippen molar-refractivity contribution in [2.45, 2.75) is 38.8 Å². The van der Waals surface area contributed by atoms with Crippen LogP contribution in [-0.4, -0.2) is 33.0 Å². The van der Waals surface area contributed by atoms with Gasteiger partial charge in [0.1, 0.15) is 17.7 Å². The molecule has 33 heavy (non-hydrogen) atoms. The van der Waals surface area contributed by atoms with Crippen LogP contribution in [0.15, 0.2) is 67.5 Å². The van der Waals surface area contributed by atoms with Crippen molar-refractivity contribution >= 4 is 23.4 Å². The van der Waals surface area contributed by atoms with Gasteiger partial charge in [-0.15, -0.1) is 6.58 Å². The summed E-state index contributed by atoms with van der Waals surface area (Å²) >= 11 is 0. The van der Waals surface area contributed by atoms with E-state index in [9.17, 15) is 4.79 Å². The van der Waals surface area contributed by atoms with Crippen molar-refractivity contribution in [2.75, 3.05) is 17.2 Å². The fraction of sp³-hybridized carbons (Fsp3) is 0.280. The lowest BCUT2D eigenvalue weighted by Crippen LogP contribution is -2.39. The lowest BCUT2D eigenvalue weighted by molar-refractivity contribution is -0.122. The molecule has 2 aromatic heterocycles. The van der Waals surface area contributed by atoms with Crippen LogP contribution in [0.25, 0.3) is 10.7 Å². The number of anilines is 2. The molecule has 8 nitrogen and oxygen atoms in total. The summed E-state index contributed by atoms with van der Waals surface area (Å²) in [4.78, 5) is 25.5. The third-order valence-electron chi connectivity index (χ3n) is 5.00. The van der Waals surface area contributed by atoms with Gasteiger partial charge in [-0.25, -0.2) is 4.85 Å². The molecule has 1 unspecified atom stereocenters. The summed E-state index contributed by atoms with van der Waals surface area (Å²) in [5, 5.41) is 9.43. The number of unbranched alkanes of at least 4 members (excludes halogenated alkanes) is 1. The number of hydrogen-bond donors (Lipinski definition) is 3. The SMILES string of the molecule is [C-]#[N+]c1ccc(CNC(=O)C(CCCC)Nc2cc(-n3cccc3)nc(NCC=C)n2)cc1. The van der Waals surface area contributed by atoms with Crippen LogP contribution >= 0.6 is 0 Å². The van der Waals surface area contributed by atoms with Gasteiger partial charge in [-0.3, -0.25) is 4.79 Å². The molecule has 0 aliphatic heterocycles. The van der Waals surface area contributed by atoms with E-state index in [-0.39, 0.29) is 5.91 Å². The fourth-order valence-electron chi connectivity index (χ4n) is 3.23. The van der Waals surface area contributed by atoms with Crippen molar-refractivity contribution < 1.29 is 4.79 Å². The number of hydrogen-bond acceptors (Lipinski definition) is 5. The van der Waals surface area contributed by atoms with E-state index in [1.54, 1.807) is 18.2 Å². The Hall–Kier alpha value is -4.12. The highest BCUT2D eigenvalue weighted by atomic mass is 16.2. The molecule has 1 aromatic carbocycles. The van der Waals surface area contributed by atoms with E-state index in [0.29, 0.717) is 42.8 Å². The van der Waals surface area contributed by atoms with E-state index in [4.69, 9.17) is 6.57 Å². The number of carbonyl (C=O) groups is 1. The maximum absolute atomic E-state index is 13.0. The van der Waals surface area contributed by atoms with Crippen LogP contribution < -0.4 is 16.0 Å². The molecule has 0 fully saturated rings. The zero-order chi connectivity index (χ0) is 23.5. The van der Waals surface area contributed by atoms with Crippen LogP contribution in [0.1, 0.15) is 31.7 Å². The Balaban J connectivity index is 1.76. The first kappa shape index (κ1) is 23.5. The Labute approximate surface area is 194 Å². The second-order valence-electron chi connectivity index (χ2n) is 7.53. The first-order valence-electron chi connectivity index (χ1n) is 11.0. The van der Waals surface area contributed by atoms with E-state index >= 15 is 0 Å². The summed E-state index contributed by atoms with van der Waals surface area (Å²) in [6.45, 7) is 13.8. The summed E-state index contributed by atoms with van der Waals surface area (Å²) in [7, 11) is 0. The Morgan fingerprint density at radius 3 is 2.67 bits per heavy atom. The van der Waals surface area contributed by atoms with Crippen LogP contribution in [0.5, 0.6) is 0 Å². The third kappa shape index (κ3) is 6.94. The minimum atomic E-state index is -0.438. The normalized spacial score (nSPS) is 11.3. The average molecular weight is 444 g/mol. The highest BCUT2D eigenvalue weighted by molar-refractivity contribution is 5.84. The second-order valence-corrected chi connectivity index (χ2v) is 7.53. The minimum absolute atomic E-state index is 0.0977. The van der Waals surface area contributed by atoms with Crippen LogP contribution in [0.2, 0.25) is 0 Å². The van der Waals surface area contributed by atoms with Gasteiger partial charge in [0.2, 0.25) is 11.9 Å². The second kappa shape index (κ2) is 12.1. The maximum atomic E-state index is 13.0. The number of carbonyl (C=O) groups excluding carboxylic acids is 1. The first-order chi connectivity index (χ1) is 16.1. The van der Waals surface area contributed by atoms with Gasteiger partial charge in [0.25, 0.3) is 0 Å². The van der Waals surface area contributed by atoms with Gasteiger partial charge in [0.05, 0.1) is 6.57 Å². The molecular formula is C25H29N7O. The maximum Gasteiger partial charge on any atom is 0.242 e. The van der Waals surface area contributed by atoms with Crippen molar-refractivity contribution in [1.82, 2.24) is 19.9 Å². The van der Waals surface area contributed by atoms with Crippen molar-refractivity contribution in [3.05, 3.63) is 84.5 Å². The fourth-order valence-corrected chi connectivity index (χ4v) is 3.23. The van der Waals surface area contributed by atoms with Crippen LogP contribution in [0.3, 0.4) is 0 Å². The smallest absolute Gasteiger partial charge is 0.242 e. The predicted molar refractivity (Wildman–Crippen MR) is 132 cm³/mol. The number of benzene rings is 1. The molecule has 0 aliphatic carbocycles. The van der Waals surface area contributed by atoms with Crippen LogP contribution in [0, 0.1) is 6.57 Å². The Morgan fingerprint density at radius 1 is 1.24 bits per heavy atom. The topological polar surface area (TPSA) is 88.2 Å². The van der Waals surface area contributed by atoms with Crippen molar-refractivity contribution in [2.24, 2.45) is 0 Å². The van der Waals surface area contributed by atoms with E-state index in [0.717, 1.165) is 18.4 Å². The van der Waals surface area contributed by atoms with Crippen molar-refractivity contribution in [3.8, 4) is 5.82 Å². The molecule has 3 rings (SSSR count). The van der Waals surface area contributed by atoms with E-state index in [2.05, 4.69) is 44.3 Å². The zero-order valence-corrected chi connectivity index (χ0v) is 18.8. The highest BCUT2D eigenvalue weighted by Gasteiger charge is 2.19. The Morgan fingerprint density at radius 2 is 2.00 bits per heavy atom. The first-order valence-corrected chi connectivity index (χ1v) is 11.0. The highest BCUT2D eigenvalue weighted by Crippen LogP contribution is 2.17.